The second-order valence-corrected chi connectivity index (χ2v) is 3.38. The maximum atomic E-state index is 11.9. The number of carbonyl (C=O) groups excluding carboxylic acids is 1. The molecule has 1 aromatic rings. The smallest absolute Gasteiger partial charge is 0.422 e. The molecule has 0 unspecified atom stereocenters. The van der Waals surface area contributed by atoms with E-state index in [1.807, 2.05) is 0 Å². The van der Waals surface area contributed by atoms with Crippen LogP contribution in [0.4, 0.5) is 18.9 Å². The molecule has 0 aromatic heterocycles. The van der Waals surface area contributed by atoms with Gasteiger partial charge in [0.1, 0.15) is 5.75 Å². The predicted molar refractivity (Wildman–Crippen MR) is 58.4 cm³/mol. The van der Waals surface area contributed by atoms with Gasteiger partial charge in [-0.05, 0) is 25.1 Å². The van der Waals surface area contributed by atoms with E-state index in [1.54, 1.807) is 6.92 Å². The maximum Gasteiger partial charge on any atom is 0.422 e. The summed E-state index contributed by atoms with van der Waals surface area (Å²) >= 11 is 0. The summed E-state index contributed by atoms with van der Waals surface area (Å²) < 4.78 is 45.0. The Hall–Kier alpha value is -1.92. The first-order chi connectivity index (χ1) is 8.33. The van der Waals surface area contributed by atoms with E-state index in [9.17, 15) is 18.0 Å². The minimum Gasteiger partial charge on any atom is -0.482 e. The number of carbonyl (C=O) groups is 1. The summed E-state index contributed by atoms with van der Waals surface area (Å²) in [5.41, 5.74) is 5.59. The van der Waals surface area contributed by atoms with Crippen molar-refractivity contribution in [1.82, 2.24) is 0 Å². The molecule has 0 aliphatic carbocycles. The third kappa shape index (κ3) is 4.15. The highest BCUT2D eigenvalue weighted by Gasteiger charge is 2.28. The van der Waals surface area contributed by atoms with Gasteiger partial charge in [0.25, 0.3) is 0 Å². The standard InChI is InChI=1S/C11H12F3NO3/c1-2-17-10(16)7-3-4-9(8(15)5-7)18-6-11(12,13)14/h3-5H,2,6,15H2,1H3. The van der Waals surface area contributed by atoms with Gasteiger partial charge in [0, 0.05) is 0 Å². The molecule has 0 bridgehead atoms. The normalized spacial score (nSPS) is 11.1. The summed E-state index contributed by atoms with van der Waals surface area (Å²) in [5, 5.41) is 0. The van der Waals surface area contributed by atoms with Gasteiger partial charge in [-0.1, -0.05) is 0 Å². The molecule has 0 amide bonds. The lowest BCUT2D eigenvalue weighted by atomic mass is 10.2. The van der Waals surface area contributed by atoms with Crippen LogP contribution >= 0.6 is 0 Å². The van der Waals surface area contributed by atoms with E-state index in [4.69, 9.17) is 10.5 Å². The number of alkyl halides is 3. The fourth-order valence-electron chi connectivity index (χ4n) is 1.18. The molecule has 0 aliphatic heterocycles. The summed E-state index contributed by atoms with van der Waals surface area (Å²) in [4.78, 5) is 11.3. The van der Waals surface area contributed by atoms with Crippen LogP contribution in [0.5, 0.6) is 5.75 Å². The monoisotopic (exact) mass is 263 g/mol. The molecule has 2 N–H and O–H groups in total. The average Bonchev–Trinajstić information content (AvgIpc) is 2.26. The number of hydrogen-bond acceptors (Lipinski definition) is 4. The highest BCUT2D eigenvalue weighted by atomic mass is 19.4. The number of esters is 1. The molecule has 0 spiro atoms. The number of hydrogen-bond donors (Lipinski definition) is 1. The molecule has 0 heterocycles. The number of rotatable bonds is 4. The molecule has 0 saturated carbocycles. The Bertz CT molecular complexity index is 432. The molecule has 0 aliphatic rings. The van der Waals surface area contributed by atoms with Crippen LogP contribution in [0.2, 0.25) is 0 Å². The van der Waals surface area contributed by atoms with Crippen molar-refractivity contribution >= 4 is 11.7 Å². The SMILES string of the molecule is CCOC(=O)c1ccc(OCC(F)(F)F)c(N)c1. The lowest BCUT2D eigenvalue weighted by Gasteiger charge is -2.11. The van der Waals surface area contributed by atoms with Crippen LogP contribution in [0.25, 0.3) is 0 Å². The molecular formula is C11H12F3NO3. The Labute approximate surface area is 101 Å². The lowest BCUT2D eigenvalue weighted by Crippen LogP contribution is -2.19. The first kappa shape index (κ1) is 14.1. The van der Waals surface area contributed by atoms with E-state index in [2.05, 4.69) is 4.74 Å². The fraction of sp³-hybridized carbons (Fsp3) is 0.364. The van der Waals surface area contributed by atoms with E-state index < -0.39 is 18.8 Å². The fourth-order valence-corrected chi connectivity index (χ4v) is 1.18. The Morgan fingerprint density at radius 1 is 1.39 bits per heavy atom. The Morgan fingerprint density at radius 3 is 2.56 bits per heavy atom. The molecule has 7 heteroatoms. The molecule has 18 heavy (non-hydrogen) atoms. The van der Waals surface area contributed by atoms with Gasteiger partial charge in [0.05, 0.1) is 17.9 Å². The van der Waals surface area contributed by atoms with Crippen molar-refractivity contribution in [3.63, 3.8) is 0 Å². The van der Waals surface area contributed by atoms with Gasteiger partial charge in [-0.15, -0.1) is 0 Å². The van der Waals surface area contributed by atoms with Crippen LogP contribution in [0.15, 0.2) is 18.2 Å². The van der Waals surface area contributed by atoms with Crippen LogP contribution in [0.3, 0.4) is 0 Å². The molecule has 100 valence electrons. The zero-order valence-corrected chi connectivity index (χ0v) is 9.58. The summed E-state index contributed by atoms with van der Waals surface area (Å²) in [6.07, 6.45) is -4.44. The Kier molecular flexibility index (Phi) is 4.41. The average molecular weight is 263 g/mol. The molecule has 0 atom stereocenters. The van der Waals surface area contributed by atoms with Crippen molar-refractivity contribution in [2.45, 2.75) is 13.1 Å². The first-order valence-electron chi connectivity index (χ1n) is 5.09. The van der Waals surface area contributed by atoms with Gasteiger partial charge < -0.3 is 15.2 Å². The number of halogens is 3. The highest BCUT2D eigenvalue weighted by Crippen LogP contribution is 2.25. The Balaban J connectivity index is 2.77. The summed E-state index contributed by atoms with van der Waals surface area (Å²) in [6, 6.07) is 3.71. The zero-order chi connectivity index (χ0) is 13.8. The van der Waals surface area contributed by atoms with Crippen LogP contribution in [-0.2, 0) is 4.74 Å². The summed E-state index contributed by atoms with van der Waals surface area (Å²) in [7, 11) is 0. The van der Waals surface area contributed by atoms with E-state index in [1.165, 1.54) is 18.2 Å². The van der Waals surface area contributed by atoms with Crippen LogP contribution in [-0.4, -0.2) is 25.4 Å². The van der Waals surface area contributed by atoms with E-state index >= 15 is 0 Å². The molecular weight excluding hydrogens is 251 g/mol. The van der Waals surface area contributed by atoms with Gasteiger partial charge in [0.15, 0.2) is 6.61 Å². The predicted octanol–water partition coefficient (Wildman–Crippen LogP) is 2.39. The van der Waals surface area contributed by atoms with Gasteiger partial charge in [0.2, 0.25) is 0 Å². The van der Waals surface area contributed by atoms with Crippen molar-refractivity contribution < 1.29 is 27.4 Å². The number of anilines is 1. The molecule has 4 nitrogen and oxygen atoms in total. The summed E-state index contributed by atoms with van der Waals surface area (Å²) in [5.74, 6) is -0.716. The molecule has 0 saturated heterocycles. The van der Waals surface area contributed by atoms with Gasteiger partial charge in [-0.2, -0.15) is 13.2 Å². The highest BCUT2D eigenvalue weighted by molar-refractivity contribution is 5.91. The minimum absolute atomic E-state index is 0.0511. The largest absolute Gasteiger partial charge is 0.482 e. The van der Waals surface area contributed by atoms with Crippen molar-refractivity contribution in [2.75, 3.05) is 18.9 Å². The Morgan fingerprint density at radius 2 is 2.06 bits per heavy atom. The van der Waals surface area contributed by atoms with Crippen molar-refractivity contribution in [2.24, 2.45) is 0 Å². The molecule has 0 fully saturated rings. The summed E-state index contributed by atoms with van der Waals surface area (Å²) in [6.45, 7) is 0.406. The lowest BCUT2D eigenvalue weighted by molar-refractivity contribution is -0.153. The van der Waals surface area contributed by atoms with Crippen LogP contribution in [0, 0.1) is 0 Å². The van der Waals surface area contributed by atoms with Crippen molar-refractivity contribution in [3.8, 4) is 5.75 Å². The number of benzene rings is 1. The first-order valence-corrected chi connectivity index (χ1v) is 5.09. The minimum atomic E-state index is -4.44. The van der Waals surface area contributed by atoms with Crippen molar-refractivity contribution in [3.05, 3.63) is 23.8 Å². The zero-order valence-electron chi connectivity index (χ0n) is 9.58. The topological polar surface area (TPSA) is 61.5 Å². The second-order valence-electron chi connectivity index (χ2n) is 3.38. The maximum absolute atomic E-state index is 11.9. The van der Waals surface area contributed by atoms with Gasteiger partial charge >= 0.3 is 12.1 Å². The van der Waals surface area contributed by atoms with E-state index in [0.717, 1.165) is 0 Å². The van der Waals surface area contributed by atoms with E-state index in [0.29, 0.717) is 0 Å². The molecule has 1 aromatic carbocycles. The van der Waals surface area contributed by atoms with Gasteiger partial charge in [-0.3, -0.25) is 0 Å². The number of nitrogen functional groups attached to an aromatic ring is 1. The molecule has 1 rings (SSSR count). The molecule has 0 radical (unpaired) electrons. The quantitative estimate of drug-likeness (QED) is 0.669. The number of nitrogens with two attached hydrogens (primary N) is 1. The van der Waals surface area contributed by atoms with Gasteiger partial charge in [-0.25, -0.2) is 4.79 Å². The third-order valence-corrected chi connectivity index (χ3v) is 1.91. The van der Waals surface area contributed by atoms with Crippen LogP contribution in [0.1, 0.15) is 17.3 Å². The number of ether oxygens (including phenoxy) is 2. The van der Waals surface area contributed by atoms with Crippen molar-refractivity contribution in [1.29, 1.82) is 0 Å². The third-order valence-electron chi connectivity index (χ3n) is 1.91. The second kappa shape index (κ2) is 5.61. The van der Waals surface area contributed by atoms with Crippen LogP contribution < -0.4 is 10.5 Å². The van der Waals surface area contributed by atoms with E-state index in [-0.39, 0.29) is 23.6 Å².